The molecule has 4 aliphatic rings. The number of hydrogen-bond donors (Lipinski definition) is 1. The number of unbranched alkanes of at least 4 members (excludes halogenated alkanes) is 2. The van der Waals surface area contributed by atoms with Gasteiger partial charge >= 0.3 is 5.97 Å². The predicted octanol–water partition coefficient (Wildman–Crippen LogP) is 6.65. The Balaban J connectivity index is 1.18. The molecule has 0 aromatic carbocycles. The third-order valence-electron chi connectivity index (χ3n) is 10.5. The number of nitrogens with zero attached hydrogens (tertiary/aromatic N) is 1. The standard InChI is InChI=1S/C32H44N2O3/c1-31-17-15-24(34-29(35)9-5-4-6-10-30(36)37-3)20-23(31)11-12-25-27-14-13-26(22-8-7-19-33-21-22)32(27,2)18-16-28(25)31/h7-8,11,13,19,21,24-25,27-28H,4-6,9-10,12,14-18,20H2,1-3H3,(H,34,35)/t24-,25+,27+,28+,31+,32-/m1/s1. The molecule has 0 radical (unpaired) electrons. The molecule has 2 saturated carbocycles. The zero-order valence-corrected chi connectivity index (χ0v) is 22.9. The number of esters is 1. The van der Waals surface area contributed by atoms with Gasteiger partial charge in [-0.15, -0.1) is 0 Å². The topological polar surface area (TPSA) is 68.3 Å². The van der Waals surface area contributed by atoms with Crippen molar-refractivity contribution >= 4 is 17.4 Å². The van der Waals surface area contributed by atoms with Crippen molar-refractivity contribution in [2.45, 2.75) is 96.9 Å². The lowest BCUT2D eigenvalue weighted by atomic mass is 9.47. The fourth-order valence-electron chi connectivity index (χ4n) is 8.45. The number of aromatic nitrogens is 1. The number of carbonyl (C=O) groups excluding carboxylic acids is 2. The molecule has 0 bridgehead atoms. The van der Waals surface area contributed by atoms with Crippen molar-refractivity contribution in [3.05, 3.63) is 47.8 Å². The molecule has 1 aromatic heterocycles. The summed E-state index contributed by atoms with van der Waals surface area (Å²) in [6.45, 7) is 5.05. The Hall–Kier alpha value is -2.43. The van der Waals surface area contributed by atoms with Gasteiger partial charge < -0.3 is 10.1 Å². The maximum absolute atomic E-state index is 12.6. The van der Waals surface area contributed by atoms with Crippen molar-refractivity contribution in [1.82, 2.24) is 10.3 Å². The highest BCUT2D eigenvalue weighted by Crippen LogP contribution is 2.66. The second kappa shape index (κ2) is 10.7. The maximum atomic E-state index is 12.6. The van der Waals surface area contributed by atoms with Crippen LogP contribution >= 0.6 is 0 Å². The monoisotopic (exact) mass is 504 g/mol. The molecule has 5 heteroatoms. The van der Waals surface area contributed by atoms with E-state index >= 15 is 0 Å². The van der Waals surface area contributed by atoms with E-state index in [0.29, 0.717) is 18.8 Å². The SMILES string of the molecule is COC(=O)CCCCCC(=O)N[C@@H]1CC[C@@]2(C)C(=CC[C@@H]3[C@@H]2CC[C@]2(C)C(c4cccnc4)=CC[C@@H]32)C1. The number of ether oxygens (including phenoxy) is 1. The third kappa shape index (κ3) is 5.03. The van der Waals surface area contributed by atoms with E-state index in [0.717, 1.165) is 43.9 Å². The van der Waals surface area contributed by atoms with Gasteiger partial charge in [0.15, 0.2) is 0 Å². The van der Waals surface area contributed by atoms with Crippen molar-refractivity contribution in [3.63, 3.8) is 0 Å². The van der Waals surface area contributed by atoms with Crippen LogP contribution in [0.1, 0.15) is 96.5 Å². The highest BCUT2D eigenvalue weighted by molar-refractivity contribution is 5.76. The predicted molar refractivity (Wildman–Crippen MR) is 146 cm³/mol. The minimum atomic E-state index is -0.168. The van der Waals surface area contributed by atoms with Crippen LogP contribution in [0.5, 0.6) is 0 Å². The van der Waals surface area contributed by atoms with E-state index in [4.69, 9.17) is 0 Å². The maximum Gasteiger partial charge on any atom is 0.305 e. The largest absolute Gasteiger partial charge is 0.469 e. The van der Waals surface area contributed by atoms with E-state index in [1.807, 2.05) is 12.4 Å². The minimum absolute atomic E-state index is 0.161. The summed E-state index contributed by atoms with van der Waals surface area (Å²) in [5.74, 6) is 2.20. The Kier molecular flexibility index (Phi) is 7.60. The summed E-state index contributed by atoms with van der Waals surface area (Å²) in [5, 5.41) is 3.33. The van der Waals surface area contributed by atoms with Gasteiger partial charge in [0.05, 0.1) is 7.11 Å². The average molecular weight is 505 g/mol. The van der Waals surface area contributed by atoms with Crippen LogP contribution in [0.4, 0.5) is 0 Å². The second-order valence-corrected chi connectivity index (χ2v) is 12.5. The number of fused-ring (bicyclic) bond motifs is 5. The van der Waals surface area contributed by atoms with E-state index in [9.17, 15) is 9.59 Å². The van der Waals surface area contributed by atoms with E-state index in [1.54, 1.807) is 5.57 Å². The quantitative estimate of drug-likeness (QED) is 0.245. The van der Waals surface area contributed by atoms with Gasteiger partial charge in [0.2, 0.25) is 5.91 Å². The molecule has 0 aliphatic heterocycles. The minimum Gasteiger partial charge on any atom is -0.469 e. The van der Waals surface area contributed by atoms with Crippen molar-refractivity contribution in [2.75, 3.05) is 7.11 Å². The first kappa shape index (κ1) is 26.2. The van der Waals surface area contributed by atoms with Crippen LogP contribution in [0.25, 0.3) is 5.57 Å². The number of nitrogens with one attached hydrogen (secondary N) is 1. The third-order valence-corrected chi connectivity index (χ3v) is 10.5. The van der Waals surface area contributed by atoms with E-state index in [-0.39, 0.29) is 28.7 Å². The zero-order chi connectivity index (χ0) is 26.0. The van der Waals surface area contributed by atoms with Crippen molar-refractivity contribution in [1.29, 1.82) is 0 Å². The Morgan fingerprint density at radius 2 is 1.84 bits per heavy atom. The summed E-state index contributed by atoms with van der Waals surface area (Å²) in [7, 11) is 1.42. The zero-order valence-electron chi connectivity index (χ0n) is 22.9. The van der Waals surface area contributed by atoms with Gasteiger partial charge in [-0.25, -0.2) is 0 Å². The first-order valence-corrected chi connectivity index (χ1v) is 14.5. The molecule has 2 fully saturated rings. The molecule has 4 aliphatic carbocycles. The summed E-state index contributed by atoms with van der Waals surface area (Å²) in [6.07, 6.45) is 20.7. The Morgan fingerprint density at radius 3 is 2.62 bits per heavy atom. The molecular weight excluding hydrogens is 460 g/mol. The number of rotatable bonds is 8. The van der Waals surface area contributed by atoms with E-state index in [2.05, 4.69) is 53.2 Å². The van der Waals surface area contributed by atoms with Crippen LogP contribution in [0, 0.1) is 28.6 Å². The number of allylic oxidation sites excluding steroid dienone is 3. The lowest BCUT2D eigenvalue weighted by Crippen LogP contribution is -2.51. The Bertz CT molecular complexity index is 1060. The van der Waals surface area contributed by atoms with E-state index < -0.39 is 0 Å². The molecule has 5 rings (SSSR count). The molecule has 1 amide bonds. The molecule has 1 aromatic rings. The molecule has 37 heavy (non-hydrogen) atoms. The van der Waals surface area contributed by atoms with Gasteiger partial charge in [-0.1, -0.05) is 44.1 Å². The van der Waals surface area contributed by atoms with Gasteiger partial charge in [0.25, 0.3) is 0 Å². The van der Waals surface area contributed by atoms with Crippen molar-refractivity contribution in [3.8, 4) is 0 Å². The average Bonchev–Trinajstić information content (AvgIpc) is 3.26. The van der Waals surface area contributed by atoms with Crippen LogP contribution in [-0.4, -0.2) is 30.0 Å². The molecule has 1 heterocycles. The molecule has 200 valence electrons. The number of carbonyl (C=O) groups is 2. The fourth-order valence-corrected chi connectivity index (χ4v) is 8.45. The lowest BCUT2D eigenvalue weighted by molar-refractivity contribution is -0.140. The van der Waals surface area contributed by atoms with Gasteiger partial charge in [-0.05, 0) is 104 Å². The van der Waals surface area contributed by atoms with Crippen molar-refractivity contribution < 1.29 is 14.3 Å². The molecule has 1 N–H and O–H groups in total. The van der Waals surface area contributed by atoms with Crippen LogP contribution in [0.3, 0.4) is 0 Å². The number of hydrogen-bond acceptors (Lipinski definition) is 4. The Labute approximate surface area is 222 Å². The summed E-state index contributed by atoms with van der Waals surface area (Å²) >= 11 is 0. The molecule has 5 nitrogen and oxygen atoms in total. The molecule has 0 saturated heterocycles. The lowest BCUT2D eigenvalue weighted by Gasteiger charge is -2.58. The van der Waals surface area contributed by atoms with Gasteiger partial charge in [0, 0.05) is 31.3 Å². The Morgan fingerprint density at radius 1 is 1.03 bits per heavy atom. The molecule has 0 unspecified atom stereocenters. The van der Waals surface area contributed by atoms with Crippen molar-refractivity contribution in [2.24, 2.45) is 28.6 Å². The van der Waals surface area contributed by atoms with Crippen LogP contribution in [0.2, 0.25) is 0 Å². The first-order chi connectivity index (χ1) is 17.8. The van der Waals surface area contributed by atoms with Crippen LogP contribution in [0.15, 0.2) is 42.3 Å². The fraction of sp³-hybridized carbons (Fsp3) is 0.656. The smallest absolute Gasteiger partial charge is 0.305 e. The number of methoxy groups -OCH3 is 1. The van der Waals surface area contributed by atoms with Crippen LogP contribution in [-0.2, 0) is 14.3 Å². The first-order valence-electron chi connectivity index (χ1n) is 14.5. The summed E-state index contributed by atoms with van der Waals surface area (Å²) in [4.78, 5) is 28.2. The van der Waals surface area contributed by atoms with Gasteiger partial charge in [-0.3, -0.25) is 14.6 Å². The number of amides is 1. The highest BCUT2D eigenvalue weighted by Gasteiger charge is 2.56. The van der Waals surface area contributed by atoms with Gasteiger partial charge in [-0.2, -0.15) is 0 Å². The van der Waals surface area contributed by atoms with Gasteiger partial charge in [0.1, 0.15) is 0 Å². The molecular formula is C32H44N2O3. The normalized spacial score (nSPS) is 34.4. The summed E-state index contributed by atoms with van der Waals surface area (Å²) in [5.41, 5.74) is 4.97. The molecule has 0 spiro atoms. The summed E-state index contributed by atoms with van der Waals surface area (Å²) < 4.78 is 4.68. The van der Waals surface area contributed by atoms with Crippen LogP contribution < -0.4 is 5.32 Å². The number of pyridine rings is 1. The highest BCUT2D eigenvalue weighted by atomic mass is 16.5. The molecule has 6 atom stereocenters. The second-order valence-electron chi connectivity index (χ2n) is 12.5. The summed E-state index contributed by atoms with van der Waals surface area (Å²) in [6, 6.07) is 4.56. The van der Waals surface area contributed by atoms with E-state index in [1.165, 1.54) is 50.4 Å².